The average molecular weight is 192 g/mol. The molecule has 0 heterocycles. The van der Waals surface area contributed by atoms with Crippen LogP contribution in [0.1, 0.15) is 38.7 Å². The predicted octanol–water partition coefficient (Wildman–Crippen LogP) is 3.98. The molecule has 0 N–H and O–H groups in total. The molecule has 1 saturated carbocycles. The van der Waals surface area contributed by atoms with Gasteiger partial charge in [0.2, 0.25) is 0 Å². The number of hydrogen-bond donors (Lipinski definition) is 0. The van der Waals surface area contributed by atoms with Crippen molar-refractivity contribution in [2.24, 2.45) is 11.3 Å². The SMILES string of the molecule is CC(C)(C)C1CC1c1cccc(F)c1. The third-order valence-electron chi connectivity index (χ3n) is 3.18. The zero-order chi connectivity index (χ0) is 10.3. The van der Waals surface area contributed by atoms with Crippen LogP contribution in [-0.4, -0.2) is 0 Å². The Labute approximate surface area is 85.1 Å². The summed E-state index contributed by atoms with van der Waals surface area (Å²) in [6.07, 6.45) is 1.22. The molecule has 0 saturated heterocycles. The van der Waals surface area contributed by atoms with Gasteiger partial charge in [0.1, 0.15) is 5.82 Å². The van der Waals surface area contributed by atoms with Crippen molar-refractivity contribution in [1.29, 1.82) is 0 Å². The summed E-state index contributed by atoms with van der Waals surface area (Å²) in [5, 5.41) is 0. The van der Waals surface area contributed by atoms with Gasteiger partial charge in [-0.15, -0.1) is 0 Å². The Balaban J connectivity index is 2.14. The van der Waals surface area contributed by atoms with Crippen molar-refractivity contribution in [2.75, 3.05) is 0 Å². The highest BCUT2D eigenvalue weighted by Crippen LogP contribution is 2.56. The van der Waals surface area contributed by atoms with Crippen molar-refractivity contribution in [3.05, 3.63) is 35.6 Å². The summed E-state index contributed by atoms with van der Waals surface area (Å²) >= 11 is 0. The minimum atomic E-state index is -0.109. The first-order valence-corrected chi connectivity index (χ1v) is 5.24. The highest BCUT2D eigenvalue weighted by molar-refractivity contribution is 5.27. The summed E-state index contributed by atoms with van der Waals surface area (Å²) in [7, 11) is 0. The summed E-state index contributed by atoms with van der Waals surface area (Å²) in [6.45, 7) is 6.78. The molecule has 0 radical (unpaired) electrons. The van der Waals surface area contributed by atoms with E-state index in [4.69, 9.17) is 0 Å². The zero-order valence-corrected chi connectivity index (χ0v) is 9.05. The van der Waals surface area contributed by atoms with Crippen molar-refractivity contribution in [3.63, 3.8) is 0 Å². The summed E-state index contributed by atoms with van der Waals surface area (Å²) in [4.78, 5) is 0. The van der Waals surface area contributed by atoms with Crippen molar-refractivity contribution in [1.82, 2.24) is 0 Å². The van der Waals surface area contributed by atoms with Gasteiger partial charge in [0.25, 0.3) is 0 Å². The molecule has 1 aliphatic rings. The molecule has 2 rings (SSSR count). The van der Waals surface area contributed by atoms with Crippen LogP contribution >= 0.6 is 0 Å². The van der Waals surface area contributed by atoms with E-state index in [2.05, 4.69) is 20.8 Å². The Morgan fingerprint density at radius 2 is 2.00 bits per heavy atom. The highest BCUT2D eigenvalue weighted by atomic mass is 19.1. The maximum absolute atomic E-state index is 13.0. The lowest BCUT2D eigenvalue weighted by Gasteiger charge is -2.18. The molecule has 1 heteroatoms. The fraction of sp³-hybridized carbons (Fsp3) is 0.538. The van der Waals surface area contributed by atoms with Gasteiger partial charge in [-0.2, -0.15) is 0 Å². The number of benzene rings is 1. The molecule has 2 atom stereocenters. The van der Waals surface area contributed by atoms with Crippen LogP contribution in [0.5, 0.6) is 0 Å². The molecule has 1 aromatic carbocycles. The molecule has 0 bridgehead atoms. The van der Waals surface area contributed by atoms with Crippen molar-refractivity contribution < 1.29 is 4.39 Å². The Morgan fingerprint density at radius 1 is 1.29 bits per heavy atom. The van der Waals surface area contributed by atoms with Crippen LogP contribution in [-0.2, 0) is 0 Å². The quantitative estimate of drug-likeness (QED) is 0.631. The van der Waals surface area contributed by atoms with Crippen molar-refractivity contribution >= 4 is 0 Å². The summed E-state index contributed by atoms with van der Waals surface area (Å²) in [6, 6.07) is 7.04. The van der Waals surface area contributed by atoms with Gasteiger partial charge in [-0.05, 0) is 41.4 Å². The predicted molar refractivity (Wildman–Crippen MR) is 56.7 cm³/mol. The van der Waals surface area contributed by atoms with Gasteiger partial charge in [-0.3, -0.25) is 0 Å². The lowest BCUT2D eigenvalue weighted by Crippen LogP contribution is -2.08. The molecule has 0 aromatic heterocycles. The maximum Gasteiger partial charge on any atom is 0.123 e. The zero-order valence-electron chi connectivity index (χ0n) is 9.05. The first-order valence-electron chi connectivity index (χ1n) is 5.24. The third-order valence-corrected chi connectivity index (χ3v) is 3.18. The molecule has 1 fully saturated rings. The first-order chi connectivity index (χ1) is 6.48. The first kappa shape index (κ1) is 9.70. The van der Waals surface area contributed by atoms with Crippen LogP contribution in [0.3, 0.4) is 0 Å². The lowest BCUT2D eigenvalue weighted by atomic mass is 9.88. The van der Waals surface area contributed by atoms with Crippen LogP contribution in [0.25, 0.3) is 0 Å². The second-order valence-corrected chi connectivity index (χ2v) is 5.37. The Hall–Kier alpha value is -0.850. The molecule has 0 nitrogen and oxygen atoms in total. The van der Waals surface area contributed by atoms with E-state index in [9.17, 15) is 4.39 Å². The molecule has 14 heavy (non-hydrogen) atoms. The number of hydrogen-bond acceptors (Lipinski definition) is 0. The van der Waals surface area contributed by atoms with E-state index >= 15 is 0 Å². The summed E-state index contributed by atoms with van der Waals surface area (Å²) in [5.74, 6) is 1.21. The molecule has 0 amide bonds. The molecule has 0 spiro atoms. The van der Waals surface area contributed by atoms with Gasteiger partial charge in [0.15, 0.2) is 0 Å². The van der Waals surface area contributed by atoms with Gasteiger partial charge >= 0.3 is 0 Å². The van der Waals surface area contributed by atoms with Gasteiger partial charge in [-0.1, -0.05) is 32.9 Å². The third kappa shape index (κ3) is 1.82. The minimum absolute atomic E-state index is 0.109. The standard InChI is InChI=1S/C13H17F/c1-13(2,3)12-8-11(12)9-5-4-6-10(14)7-9/h4-7,11-12H,8H2,1-3H3. The Morgan fingerprint density at radius 3 is 2.50 bits per heavy atom. The largest absolute Gasteiger partial charge is 0.207 e. The maximum atomic E-state index is 13.0. The molecule has 76 valence electrons. The minimum Gasteiger partial charge on any atom is -0.207 e. The second-order valence-electron chi connectivity index (χ2n) is 5.37. The van der Waals surface area contributed by atoms with E-state index in [0.717, 1.165) is 5.92 Å². The molecule has 0 aliphatic heterocycles. The van der Waals surface area contributed by atoms with Gasteiger partial charge in [0.05, 0.1) is 0 Å². The van der Waals surface area contributed by atoms with E-state index in [-0.39, 0.29) is 5.82 Å². The van der Waals surface area contributed by atoms with E-state index in [1.165, 1.54) is 18.1 Å². The summed E-state index contributed by atoms with van der Waals surface area (Å²) in [5.41, 5.74) is 1.53. The molecule has 1 aromatic rings. The normalized spacial score (nSPS) is 26.3. The Bertz CT molecular complexity index is 335. The van der Waals surface area contributed by atoms with Crippen LogP contribution in [0.2, 0.25) is 0 Å². The average Bonchev–Trinajstić information content (AvgIpc) is 2.81. The van der Waals surface area contributed by atoms with Crippen molar-refractivity contribution in [2.45, 2.75) is 33.1 Å². The van der Waals surface area contributed by atoms with Crippen LogP contribution in [0.15, 0.2) is 24.3 Å². The number of halogens is 1. The molecule has 1 aliphatic carbocycles. The van der Waals surface area contributed by atoms with Gasteiger partial charge in [-0.25, -0.2) is 4.39 Å². The number of rotatable bonds is 1. The topological polar surface area (TPSA) is 0 Å². The lowest BCUT2D eigenvalue weighted by molar-refractivity contribution is 0.343. The van der Waals surface area contributed by atoms with Crippen LogP contribution in [0, 0.1) is 17.2 Å². The highest BCUT2D eigenvalue weighted by Gasteiger charge is 2.45. The van der Waals surface area contributed by atoms with Gasteiger partial charge in [0, 0.05) is 0 Å². The van der Waals surface area contributed by atoms with E-state index in [1.807, 2.05) is 12.1 Å². The monoisotopic (exact) mass is 192 g/mol. The van der Waals surface area contributed by atoms with E-state index in [0.29, 0.717) is 11.3 Å². The summed E-state index contributed by atoms with van der Waals surface area (Å²) < 4.78 is 13.0. The smallest absolute Gasteiger partial charge is 0.123 e. The van der Waals surface area contributed by atoms with Crippen molar-refractivity contribution in [3.8, 4) is 0 Å². The van der Waals surface area contributed by atoms with Gasteiger partial charge < -0.3 is 0 Å². The Kier molecular flexibility index (Phi) is 2.13. The second kappa shape index (κ2) is 3.08. The fourth-order valence-electron chi connectivity index (χ4n) is 2.26. The molecule has 2 unspecified atom stereocenters. The fourth-order valence-corrected chi connectivity index (χ4v) is 2.26. The molecular formula is C13H17F. The van der Waals surface area contributed by atoms with E-state index < -0.39 is 0 Å². The van der Waals surface area contributed by atoms with Crippen LogP contribution < -0.4 is 0 Å². The molecular weight excluding hydrogens is 175 g/mol. The van der Waals surface area contributed by atoms with Crippen LogP contribution in [0.4, 0.5) is 4.39 Å². The van der Waals surface area contributed by atoms with E-state index in [1.54, 1.807) is 6.07 Å².